The first-order chi connectivity index (χ1) is 13.2. The Hall–Kier alpha value is -2.93. The van der Waals surface area contributed by atoms with E-state index in [1.54, 1.807) is 4.52 Å². The highest BCUT2D eigenvalue weighted by Gasteiger charge is 2.29. The van der Waals surface area contributed by atoms with Gasteiger partial charge in [-0.3, -0.25) is 4.79 Å². The van der Waals surface area contributed by atoms with Crippen LogP contribution in [-0.4, -0.2) is 32.1 Å². The standard InChI is InChI=1S/C20H15BrN4O2/c21-14-6-7-15-10-17(22-25(15)11-14)20(26)24-9-8-18-16(12-24)19(23-27-18)13-4-2-1-3-5-13/h1-7,10-11H,8-9,12H2. The third kappa shape index (κ3) is 2.84. The number of amides is 1. The Kier molecular flexibility index (Phi) is 3.82. The number of carbonyl (C=O) groups excluding carboxylic acids is 1. The van der Waals surface area contributed by atoms with E-state index in [0.29, 0.717) is 25.2 Å². The zero-order valence-electron chi connectivity index (χ0n) is 14.3. The molecular weight excluding hydrogens is 408 g/mol. The third-order valence-corrected chi connectivity index (χ3v) is 5.27. The number of nitrogens with zero attached hydrogens (tertiary/aromatic N) is 4. The Balaban J connectivity index is 1.46. The van der Waals surface area contributed by atoms with Crippen LogP contribution in [0.25, 0.3) is 16.8 Å². The molecule has 27 heavy (non-hydrogen) atoms. The molecule has 7 heteroatoms. The summed E-state index contributed by atoms with van der Waals surface area (Å²) in [6.07, 6.45) is 2.49. The Morgan fingerprint density at radius 2 is 2.00 bits per heavy atom. The number of hydrogen-bond donors (Lipinski definition) is 0. The first-order valence-corrected chi connectivity index (χ1v) is 9.45. The quantitative estimate of drug-likeness (QED) is 0.490. The minimum atomic E-state index is -0.0827. The van der Waals surface area contributed by atoms with Crippen LogP contribution in [0.5, 0.6) is 0 Å². The van der Waals surface area contributed by atoms with Crippen LogP contribution in [0.15, 0.2) is 63.7 Å². The lowest BCUT2D eigenvalue weighted by Crippen LogP contribution is -2.36. The van der Waals surface area contributed by atoms with E-state index in [0.717, 1.165) is 32.6 Å². The van der Waals surface area contributed by atoms with Gasteiger partial charge in [-0.1, -0.05) is 35.5 Å². The summed E-state index contributed by atoms with van der Waals surface area (Å²) in [6.45, 7) is 1.06. The highest BCUT2D eigenvalue weighted by molar-refractivity contribution is 9.10. The van der Waals surface area contributed by atoms with Crippen molar-refractivity contribution < 1.29 is 9.32 Å². The molecule has 5 rings (SSSR count). The Labute approximate surface area is 163 Å². The molecule has 134 valence electrons. The summed E-state index contributed by atoms with van der Waals surface area (Å²) in [5.74, 6) is 0.775. The number of carbonyl (C=O) groups is 1. The third-order valence-electron chi connectivity index (χ3n) is 4.80. The minimum Gasteiger partial charge on any atom is -0.360 e. The normalized spacial score (nSPS) is 13.7. The Bertz CT molecular complexity index is 1150. The molecule has 0 unspecified atom stereocenters. The van der Waals surface area contributed by atoms with Gasteiger partial charge in [-0.15, -0.1) is 0 Å². The van der Waals surface area contributed by atoms with Crippen LogP contribution in [0.2, 0.25) is 0 Å². The maximum atomic E-state index is 13.0. The predicted molar refractivity (Wildman–Crippen MR) is 103 cm³/mol. The zero-order valence-corrected chi connectivity index (χ0v) is 15.9. The van der Waals surface area contributed by atoms with Crippen molar-refractivity contribution >= 4 is 27.4 Å². The van der Waals surface area contributed by atoms with Crippen molar-refractivity contribution in [1.29, 1.82) is 0 Å². The topological polar surface area (TPSA) is 63.6 Å². The molecule has 3 aromatic heterocycles. The highest BCUT2D eigenvalue weighted by atomic mass is 79.9. The summed E-state index contributed by atoms with van der Waals surface area (Å²) >= 11 is 3.43. The number of pyridine rings is 1. The van der Waals surface area contributed by atoms with Gasteiger partial charge in [0.05, 0.1) is 12.1 Å². The Morgan fingerprint density at radius 3 is 2.85 bits per heavy atom. The van der Waals surface area contributed by atoms with E-state index in [1.807, 2.05) is 59.6 Å². The smallest absolute Gasteiger partial charge is 0.274 e. The number of fused-ring (bicyclic) bond motifs is 2. The molecule has 0 aliphatic carbocycles. The van der Waals surface area contributed by atoms with Gasteiger partial charge in [-0.2, -0.15) is 5.10 Å². The van der Waals surface area contributed by atoms with Gasteiger partial charge in [0.1, 0.15) is 11.5 Å². The SMILES string of the molecule is O=C(c1cc2ccc(Br)cn2n1)N1CCc2onc(-c3ccccc3)c2C1. The number of aromatic nitrogens is 3. The lowest BCUT2D eigenvalue weighted by molar-refractivity contribution is 0.0723. The zero-order chi connectivity index (χ0) is 18.4. The molecule has 0 fully saturated rings. The lowest BCUT2D eigenvalue weighted by Gasteiger charge is -2.25. The maximum absolute atomic E-state index is 13.0. The molecule has 0 bridgehead atoms. The monoisotopic (exact) mass is 422 g/mol. The maximum Gasteiger partial charge on any atom is 0.274 e. The molecule has 0 atom stereocenters. The van der Waals surface area contributed by atoms with Crippen molar-refractivity contribution in [3.63, 3.8) is 0 Å². The second-order valence-corrected chi connectivity index (χ2v) is 7.44. The summed E-state index contributed by atoms with van der Waals surface area (Å²) in [5.41, 5.74) is 4.10. The van der Waals surface area contributed by atoms with Crippen LogP contribution in [0.1, 0.15) is 21.8 Å². The van der Waals surface area contributed by atoms with E-state index in [4.69, 9.17) is 4.52 Å². The van der Waals surface area contributed by atoms with Crippen molar-refractivity contribution in [2.45, 2.75) is 13.0 Å². The molecule has 1 aliphatic heterocycles. The van der Waals surface area contributed by atoms with Crippen LogP contribution in [0.3, 0.4) is 0 Å². The van der Waals surface area contributed by atoms with Gasteiger partial charge in [-0.25, -0.2) is 4.52 Å². The Morgan fingerprint density at radius 1 is 1.15 bits per heavy atom. The lowest BCUT2D eigenvalue weighted by atomic mass is 10.0. The number of benzene rings is 1. The van der Waals surface area contributed by atoms with E-state index >= 15 is 0 Å². The predicted octanol–water partition coefficient (Wildman–Crippen LogP) is 3.95. The fourth-order valence-electron chi connectivity index (χ4n) is 3.43. The number of halogens is 1. The molecule has 0 saturated heterocycles. The molecule has 0 radical (unpaired) electrons. The number of rotatable bonds is 2. The molecule has 1 amide bonds. The minimum absolute atomic E-state index is 0.0827. The summed E-state index contributed by atoms with van der Waals surface area (Å²) < 4.78 is 8.15. The molecule has 4 aromatic rings. The average Bonchev–Trinajstić information content (AvgIpc) is 3.31. The van der Waals surface area contributed by atoms with Crippen molar-refractivity contribution in [3.05, 3.63) is 76.2 Å². The second-order valence-electron chi connectivity index (χ2n) is 6.52. The van der Waals surface area contributed by atoms with Gasteiger partial charge >= 0.3 is 0 Å². The second kappa shape index (κ2) is 6.35. The van der Waals surface area contributed by atoms with Crippen LogP contribution in [0.4, 0.5) is 0 Å². The molecule has 0 saturated carbocycles. The summed E-state index contributed by atoms with van der Waals surface area (Å²) in [4.78, 5) is 14.8. The van der Waals surface area contributed by atoms with Crippen molar-refractivity contribution in [1.82, 2.24) is 19.7 Å². The van der Waals surface area contributed by atoms with Crippen molar-refractivity contribution in [2.75, 3.05) is 6.54 Å². The average molecular weight is 423 g/mol. The van der Waals surface area contributed by atoms with Gasteiger partial charge < -0.3 is 9.42 Å². The van der Waals surface area contributed by atoms with E-state index in [2.05, 4.69) is 26.2 Å². The van der Waals surface area contributed by atoms with E-state index < -0.39 is 0 Å². The van der Waals surface area contributed by atoms with Crippen LogP contribution < -0.4 is 0 Å². The molecule has 1 aliphatic rings. The fourth-order valence-corrected chi connectivity index (χ4v) is 3.76. The largest absolute Gasteiger partial charge is 0.360 e. The first kappa shape index (κ1) is 16.3. The first-order valence-electron chi connectivity index (χ1n) is 8.66. The molecule has 6 nitrogen and oxygen atoms in total. The van der Waals surface area contributed by atoms with Crippen LogP contribution >= 0.6 is 15.9 Å². The number of hydrogen-bond acceptors (Lipinski definition) is 4. The highest BCUT2D eigenvalue weighted by Crippen LogP contribution is 2.30. The molecular formula is C20H15BrN4O2. The molecule has 0 spiro atoms. The van der Waals surface area contributed by atoms with Crippen molar-refractivity contribution in [3.8, 4) is 11.3 Å². The molecule has 4 heterocycles. The van der Waals surface area contributed by atoms with Crippen LogP contribution in [0, 0.1) is 0 Å². The summed E-state index contributed by atoms with van der Waals surface area (Å²) in [7, 11) is 0. The van der Waals surface area contributed by atoms with E-state index in [-0.39, 0.29) is 5.91 Å². The van der Waals surface area contributed by atoms with E-state index in [1.165, 1.54) is 0 Å². The molecule has 1 aromatic carbocycles. The van der Waals surface area contributed by atoms with Gasteiger partial charge in [0.15, 0.2) is 5.69 Å². The summed E-state index contributed by atoms with van der Waals surface area (Å²) in [5, 5.41) is 8.67. The van der Waals surface area contributed by atoms with Gasteiger partial charge in [0.25, 0.3) is 5.91 Å². The van der Waals surface area contributed by atoms with E-state index in [9.17, 15) is 4.79 Å². The van der Waals surface area contributed by atoms with Crippen LogP contribution in [-0.2, 0) is 13.0 Å². The van der Waals surface area contributed by atoms with Crippen molar-refractivity contribution in [2.24, 2.45) is 0 Å². The van der Waals surface area contributed by atoms with Gasteiger partial charge in [0, 0.05) is 34.8 Å². The van der Waals surface area contributed by atoms with Gasteiger partial charge in [0.2, 0.25) is 0 Å². The molecule has 0 N–H and O–H groups in total. The summed E-state index contributed by atoms with van der Waals surface area (Å²) in [6, 6.07) is 15.6. The van der Waals surface area contributed by atoms with Gasteiger partial charge in [-0.05, 0) is 34.1 Å². The fraction of sp³-hybridized carbons (Fsp3) is 0.150.